The van der Waals surface area contributed by atoms with Gasteiger partial charge in [0.2, 0.25) is 0 Å². The van der Waals surface area contributed by atoms with Gasteiger partial charge in [-0.25, -0.2) is 4.98 Å². The monoisotopic (exact) mass is 241 g/mol. The van der Waals surface area contributed by atoms with Crippen molar-refractivity contribution in [2.75, 3.05) is 13.1 Å². The first-order valence-corrected chi connectivity index (χ1v) is 7.04. The fraction of sp³-hybridized carbons (Fsp3) is 0.533. The van der Waals surface area contributed by atoms with Crippen molar-refractivity contribution in [2.45, 2.75) is 38.6 Å². The molecule has 0 saturated carbocycles. The molecule has 3 heteroatoms. The fourth-order valence-corrected chi connectivity index (χ4v) is 3.67. The molecule has 2 aromatic heterocycles. The van der Waals surface area contributed by atoms with E-state index in [0.717, 1.165) is 12.1 Å². The predicted octanol–water partition coefficient (Wildman–Crippen LogP) is 2.95. The maximum Gasteiger partial charge on any atom is 0.137 e. The maximum absolute atomic E-state index is 4.55. The van der Waals surface area contributed by atoms with E-state index in [0.29, 0.717) is 6.04 Å². The highest BCUT2D eigenvalue weighted by molar-refractivity contribution is 5.82. The minimum absolute atomic E-state index is 0.639. The van der Waals surface area contributed by atoms with E-state index in [1.165, 1.54) is 49.0 Å². The molecule has 1 saturated heterocycles. The number of hydrogen-bond acceptors (Lipinski definition) is 2. The summed E-state index contributed by atoms with van der Waals surface area (Å²) in [6.07, 6.45) is 7.16. The first-order valence-electron chi connectivity index (χ1n) is 7.04. The zero-order chi connectivity index (χ0) is 12.1. The molecule has 4 heterocycles. The highest BCUT2D eigenvalue weighted by atomic mass is 15.2. The van der Waals surface area contributed by atoms with Gasteiger partial charge in [-0.3, -0.25) is 4.90 Å². The predicted molar refractivity (Wildman–Crippen MR) is 72.7 cm³/mol. The summed E-state index contributed by atoms with van der Waals surface area (Å²) in [4.78, 5) is 10.8. The zero-order valence-electron chi connectivity index (χ0n) is 10.9. The number of aryl methyl sites for hydroxylation is 1. The lowest BCUT2D eigenvalue weighted by Crippen LogP contribution is -2.38. The standard InChI is InChI=1S/C15H19N3/c1-10-8-11-14-12(17-15(11)16-9-10)5-7-18-6-3-2-4-13(14)18/h8-9,13H,2-7H2,1H3,(H,16,17). The molecule has 0 amide bonds. The molecule has 0 spiro atoms. The Balaban J connectivity index is 1.93. The molecule has 2 aliphatic heterocycles. The molecular weight excluding hydrogens is 222 g/mol. The van der Waals surface area contributed by atoms with Crippen molar-refractivity contribution in [2.24, 2.45) is 0 Å². The van der Waals surface area contributed by atoms with Crippen LogP contribution in [-0.4, -0.2) is 28.0 Å². The molecule has 0 radical (unpaired) electrons. The van der Waals surface area contributed by atoms with Crippen LogP contribution in [0, 0.1) is 6.92 Å². The van der Waals surface area contributed by atoms with Crippen LogP contribution in [-0.2, 0) is 6.42 Å². The van der Waals surface area contributed by atoms with Crippen LogP contribution in [0.4, 0.5) is 0 Å². The van der Waals surface area contributed by atoms with Gasteiger partial charge in [-0.2, -0.15) is 0 Å². The molecule has 94 valence electrons. The Morgan fingerprint density at radius 3 is 3.22 bits per heavy atom. The van der Waals surface area contributed by atoms with Crippen LogP contribution in [0.2, 0.25) is 0 Å². The molecule has 1 N–H and O–H groups in total. The van der Waals surface area contributed by atoms with E-state index < -0.39 is 0 Å². The van der Waals surface area contributed by atoms with Gasteiger partial charge in [0.1, 0.15) is 5.65 Å². The number of piperidine rings is 1. The van der Waals surface area contributed by atoms with E-state index in [-0.39, 0.29) is 0 Å². The van der Waals surface area contributed by atoms with Gasteiger partial charge in [-0.05, 0) is 43.5 Å². The third-order valence-electron chi connectivity index (χ3n) is 4.50. The van der Waals surface area contributed by atoms with E-state index in [2.05, 4.69) is 27.9 Å². The number of aromatic amines is 1. The number of hydrogen-bond donors (Lipinski definition) is 1. The number of nitrogens with zero attached hydrogens (tertiary/aromatic N) is 2. The molecule has 3 nitrogen and oxygen atoms in total. The van der Waals surface area contributed by atoms with Crippen LogP contribution >= 0.6 is 0 Å². The Bertz CT molecular complexity index is 599. The van der Waals surface area contributed by atoms with E-state index in [1.54, 1.807) is 5.56 Å². The second kappa shape index (κ2) is 3.82. The van der Waals surface area contributed by atoms with E-state index >= 15 is 0 Å². The lowest BCUT2D eigenvalue weighted by molar-refractivity contribution is 0.139. The number of nitrogens with one attached hydrogen (secondary N) is 1. The van der Waals surface area contributed by atoms with Crippen molar-refractivity contribution < 1.29 is 0 Å². The van der Waals surface area contributed by atoms with Gasteiger partial charge in [0.05, 0.1) is 0 Å². The first kappa shape index (κ1) is 10.6. The molecule has 18 heavy (non-hydrogen) atoms. The quantitative estimate of drug-likeness (QED) is 0.769. The summed E-state index contributed by atoms with van der Waals surface area (Å²) in [5.74, 6) is 0. The molecule has 4 rings (SSSR count). The number of pyridine rings is 1. The number of fused-ring (bicyclic) bond motifs is 5. The summed E-state index contributed by atoms with van der Waals surface area (Å²) < 4.78 is 0. The summed E-state index contributed by atoms with van der Waals surface area (Å²) in [6.45, 7) is 4.62. The van der Waals surface area contributed by atoms with Crippen LogP contribution in [0.25, 0.3) is 11.0 Å². The molecule has 1 atom stereocenters. The Kier molecular flexibility index (Phi) is 2.24. The van der Waals surface area contributed by atoms with Crippen molar-refractivity contribution in [3.05, 3.63) is 29.1 Å². The lowest BCUT2D eigenvalue weighted by Gasteiger charge is -2.39. The van der Waals surface area contributed by atoms with Crippen LogP contribution in [0.3, 0.4) is 0 Å². The Morgan fingerprint density at radius 2 is 2.28 bits per heavy atom. The highest BCUT2D eigenvalue weighted by Crippen LogP contribution is 2.40. The third-order valence-corrected chi connectivity index (χ3v) is 4.50. The Hall–Kier alpha value is -1.35. The lowest BCUT2D eigenvalue weighted by atomic mass is 9.89. The maximum atomic E-state index is 4.55. The number of rotatable bonds is 0. The summed E-state index contributed by atoms with van der Waals surface area (Å²) in [6, 6.07) is 2.94. The average molecular weight is 241 g/mol. The molecule has 2 aliphatic rings. The van der Waals surface area contributed by atoms with Crippen LogP contribution in [0.15, 0.2) is 12.3 Å². The normalized spacial score (nSPS) is 23.9. The van der Waals surface area contributed by atoms with Gasteiger partial charge in [-0.1, -0.05) is 6.42 Å². The first-order chi connectivity index (χ1) is 8.83. The summed E-state index contributed by atoms with van der Waals surface area (Å²) >= 11 is 0. The molecular formula is C15H19N3. The Labute approximate surface area is 107 Å². The summed E-state index contributed by atoms with van der Waals surface area (Å²) in [7, 11) is 0. The van der Waals surface area contributed by atoms with Gasteiger partial charge in [0.15, 0.2) is 0 Å². The van der Waals surface area contributed by atoms with E-state index in [4.69, 9.17) is 0 Å². The summed E-state index contributed by atoms with van der Waals surface area (Å²) in [5, 5.41) is 1.36. The van der Waals surface area contributed by atoms with Crippen molar-refractivity contribution >= 4 is 11.0 Å². The van der Waals surface area contributed by atoms with Crippen LogP contribution < -0.4 is 0 Å². The van der Waals surface area contributed by atoms with E-state index in [1.807, 2.05) is 6.20 Å². The van der Waals surface area contributed by atoms with Crippen LogP contribution in [0.5, 0.6) is 0 Å². The molecule has 1 unspecified atom stereocenters. The van der Waals surface area contributed by atoms with Gasteiger partial charge >= 0.3 is 0 Å². The van der Waals surface area contributed by atoms with Gasteiger partial charge < -0.3 is 4.98 Å². The molecule has 0 aliphatic carbocycles. The number of H-pyrrole nitrogens is 1. The van der Waals surface area contributed by atoms with Gasteiger partial charge in [-0.15, -0.1) is 0 Å². The molecule has 1 fully saturated rings. The minimum atomic E-state index is 0.639. The Morgan fingerprint density at radius 1 is 1.33 bits per heavy atom. The number of aromatic nitrogens is 2. The molecule has 2 aromatic rings. The van der Waals surface area contributed by atoms with E-state index in [9.17, 15) is 0 Å². The van der Waals surface area contributed by atoms with Crippen LogP contribution in [0.1, 0.15) is 42.1 Å². The second-order valence-electron chi connectivity index (χ2n) is 5.72. The van der Waals surface area contributed by atoms with Crippen molar-refractivity contribution in [3.8, 4) is 0 Å². The average Bonchev–Trinajstić information content (AvgIpc) is 2.77. The summed E-state index contributed by atoms with van der Waals surface area (Å²) in [5.41, 5.74) is 5.33. The largest absolute Gasteiger partial charge is 0.343 e. The molecule has 0 aromatic carbocycles. The second-order valence-corrected chi connectivity index (χ2v) is 5.72. The fourth-order valence-electron chi connectivity index (χ4n) is 3.67. The van der Waals surface area contributed by atoms with Gasteiger partial charge in [0, 0.05) is 36.3 Å². The SMILES string of the molecule is Cc1cnc2[nH]c3c(c2c1)C1CCCCN1CC3. The van der Waals surface area contributed by atoms with Crippen molar-refractivity contribution in [1.82, 2.24) is 14.9 Å². The topological polar surface area (TPSA) is 31.9 Å². The van der Waals surface area contributed by atoms with Crippen molar-refractivity contribution in [3.63, 3.8) is 0 Å². The highest BCUT2D eigenvalue weighted by Gasteiger charge is 2.32. The molecule has 0 bridgehead atoms. The smallest absolute Gasteiger partial charge is 0.137 e. The third kappa shape index (κ3) is 1.43. The zero-order valence-corrected chi connectivity index (χ0v) is 10.9. The minimum Gasteiger partial charge on any atom is -0.343 e. The van der Waals surface area contributed by atoms with Gasteiger partial charge in [0.25, 0.3) is 0 Å². The van der Waals surface area contributed by atoms with Crippen molar-refractivity contribution in [1.29, 1.82) is 0 Å².